The Hall–Kier alpha value is -3.21. The van der Waals surface area contributed by atoms with Crippen molar-refractivity contribution in [3.05, 3.63) is 58.9 Å². The highest BCUT2D eigenvalue weighted by Gasteiger charge is 2.38. The molecule has 0 saturated carbocycles. The standard InChI is InChI=1S/C22H26F3N5O3/c1-14(2)7-8-29-12-17(30-13-18(27-28-30)21(32)33-3)10-19(29)20(31)26-11-15-5-4-6-16(9-15)22(23,24)25/h4-7,9,13,17,19H,8,10-12H2,1-3H3,(H,26,31)/t17-,19-/m0/s1. The number of carbonyl (C=O) groups is 2. The van der Waals surface area contributed by atoms with E-state index in [2.05, 4.69) is 20.4 Å². The quantitative estimate of drug-likeness (QED) is 0.500. The van der Waals surface area contributed by atoms with Gasteiger partial charge in [0.15, 0.2) is 5.69 Å². The summed E-state index contributed by atoms with van der Waals surface area (Å²) in [5.74, 6) is -0.888. The summed E-state index contributed by atoms with van der Waals surface area (Å²) in [7, 11) is 1.25. The van der Waals surface area contributed by atoms with E-state index in [9.17, 15) is 22.8 Å². The van der Waals surface area contributed by atoms with E-state index >= 15 is 0 Å². The van der Waals surface area contributed by atoms with Crippen molar-refractivity contribution in [2.45, 2.75) is 45.1 Å². The summed E-state index contributed by atoms with van der Waals surface area (Å²) in [6.45, 7) is 4.91. The maximum atomic E-state index is 13.0. The molecule has 1 aromatic carbocycles. The third kappa shape index (κ3) is 6.19. The largest absolute Gasteiger partial charge is 0.464 e. The van der Waals surface area contributed by atoms with Gasteiger partial charge < -0.3 is 10.1 Å². The van der Waals surface area contributed by atoms with Gasteiger partial charge in [-0.05, 0) is 38.0 Å². The molecule has 1 aliphatic heterocycles. The maximum Gasteiger partial charge on any atom is 0.416 e. The van der Waals surface area contributed by atoms with Crippen LogP contribution in [0.1, 0.15) is 47.9 Å². The summed E-state index contributed by atoms with van der Waals surface area (Å²) >= 11 is 0. The Morgan fingerprint density at radius 2 is 2.06 bits per heavy atom. The summed E-state index contributed by atoms with van der Waals surface area (Å²) in [4.78, 5) is 26.6. The molecule has 2 heterocycles. The van der Waals surface area contributed by atoms with Crippen LogP contribution in [0.25, 0.3) is 0 Å². The first-order chi connectivity index (χ1) is 15.6. The van der Waals surface area contributed by atoms with E-state index in [-0.39, 0.29) is 24.2 Å². The minimum Gasteiger partial charge on any atom is -0.464 e. The molecule has 2 atom stereocenters. The van der Waals surface area contributed by atoms with E-state index < -0.39 is 23.8 Å². The summed E-state index contributed by atoms with van der Waals surface area (Å²) in [5.41, 5.74) is 0.775. The highest BCUT2D eigenvalue weighted by molar-refractivity contribution is 5.86. The number of nitrogens with zero attached hydrogens (tertiary/aromatic N) is 4. The molecule has 1 saturated heterocycles. The zero-order chi connectivity index (χ0) is 24.2. The van der Waals surface area contributed by atoms with Gasteiger partial charge in [-0.1, -0.05) is 29.0 Å². The number of likely N-dealkylation sites (tertiary alicyclic amines) is 1. The molecule has 0 aliphatic carbocycles. The van der Waals surface area contributed by atoms with Crippen molar-refractivity contribution >= 4 is 11.9 Å². The number of alkyl halides is 3. The number of nitrogens with one attached hydrogen (secondary N) is 1. The lowest BCUT2D eigenvalue weighted by Crippen LogP contribution is -2.43. The maximum absolute atomic E-state index is 13.0. The molecular weight excluding hydrogens is 439 g/mol. The highest BCUT2D eigenvalue weighted by Crippen LogP contribution is 2.30. The Morgan fingerprint density at radius 3 is 2.73 bits per heavy atom. The van der Waals surface area contributed by atoms with Gasteiger partial charge in [0.05, 0.1) is 31.0 Å². The molecule has 1 fully saturated rings. The second kappa shape index (κ2) is 10.2. The van der Waals surface area contributed by atoms with Crippen LogP contribution in [0.3, 0.4) is 0 Å². The first kappa shape index (κ1) is 24.4. The lowest BCUT2D eigenvalue weighted by molar-refractivity contribution is -0.137. The van der Waals surface area contributed by atoms with Crippen LogP contribution in [0.2, 0.25) is 0 Å². The smallest absolute Gasteiger partial charge is 0.416 e. The van der Waals surface area contributed by atoms with Crippen LogP contribution in [0, 0.1) is 0 Å². The molecule has 2 aromatic rings. The number of hydrogen-bond acceptors (Lipinski definition) is 6. The first-order valence-corrected chi connectivity index (χ1v) is 10.4. The van der Waals surface area contributed by atoms with Crippen LogP contribution < -0.4 is 5.32 Å². The number of rotatable bonds is 7. The van der Waals surface area contributed by atoms with Crippen LogP contribution in [0.15, 0.2) is 42.1 Å². The van der Waals surface area contributed by atoms with Gasteiger partial charge in [-0.2, -0.15) is 13.2 Å². The van der Waals surface area contributed by atoms with Gasteiger partial charge in [-0.25, -0.2) is 9.48 Å². The van der Waals surface area contributed by atoms with Crippen LogP contribution in [0.5, 0.6) is 0 Å². The van der Waals surface area contributed by atoms with E-state index in [0.29, 0.717) is 25.1 Å². The van der Waals surface area contributed by atoms with E-state index in [4.69, 9.17) is 0 Å². The lowest BCUT2D eigenvalue weighted by Gasteiger charge is -2.22. The van der Waals surface area contributed by atoms with Crippen LogP contribution in [-0.4, -0.2) is 58.0 Å². The van der Waals surface area contributed by atoms with Crippen molar-refractivity contribution in [1.82, 2.24) is 25.2 Å². The van der Waals surface area contributed by atoms with Crippen molar-refractivity contribution in [3.63, 3.8) is 0 Å². The molecule has 178 valence electrons. The lowest BCUT2D eigenvalue weighted by atomic mass is 10.1. The predicted molar refractivity (Wildman–Crippen MR) is 113 cm³/mol. The number of halogens is 3. The number of methoxy groups -OCH3 is 1. The van der Waals surface area contributed by atoms with Crippen LogP contribution in [0.4, 0.5) is 13.2 Å². The number of hydrogen-bond donors (Lipinski definition) is 1. The minimum atomic E-state index is -4.44. The molecule has 1 amide bonds. The molecular formula is C22H26F3N5O3. The van der Waals surface area contributed by atoms with Crippen molar-refractivity contribution in [2.24, 2.45) is 0 Å². The van der Waals surface area contributed by atoms with E-state index in [1.54, 1.807) is 4.68 Å². The Bertz CT molecular complexity index is 1030. The zero-order valence-electron chi connectivity index (χ0n) is 18.6. The fraction of sp³-hybridized carbons (Fsp3) is 0.455. The molecule has 1 aromatic heterocycles. The molecule has 11 heteroatoms. The van der Waals surface area contributed by atoms with Crippen LogP contribution >= 0.6 is 0 Å². The fourth-order valence-electron chi connectivity index (χ4n) is 3.66. The number of allylic oxidation sites excluding steroid dienone is 1. The first-order valence-electron chi connectivity index (χ1n) is 10.4. The summed E-state index contributed by atoms with van der Waals surface area (Å²) in [6.07, 6.45) is -0.551. The number of aromatic nitrogens is 3. The third-order valence-corrected chi connectivity index (χ3v) is 5.42. The summed E-state index contributed by atoms with van der Waals surface area (Å²) in [5, 5.41) is 10.6. The molecule has 8 nitrogen and oxygen atoms in total. The monoisotopic (exact) mass is 465 g/mol. The Kier molecular flexibility index (Phi) is 7.52. The van der Waals surface area contributed by atoms with Gasteiger partial charge >= 0.3 is 12.1 Å². The number of ether oxygens (including phenoxy) is 1. The van der Waals surface area contributed by atoms with Gasteiger partial charge in [0.1, 0.15) is 0 Å². The van der Waals surface area contributed by atoms with Crippen molar-refractivity contribution in [1.29, 1.82) is 0 Å². The topological polar surface area (TPSA) is 89.4 Å². The SMILES string of the molecule is COC(=O)c1cn([C@H]2C[C@@H](C(=O)NCc3cccc(C(F)(F)F)c3)N(CC=C(C)C)C2)nn1. The zero-order valence-corrected chi connectivity index (χ0v) is 18.6. The summed E-state index contributed by atoms with van der Waals surface area (Å²) < 4.78 is 45.0. The van der Waals surface area contributed by atoms with E-state index in [1.807, 2.05) is 24.8 Å². The number of esters is 1. The molecule has 0 spiro atoms. The van der Waals surface area contributed by atoms with Gasteiger partial charge in [0.2, 0.25) is 5.91 Å². The molecule has 33 heavy (non-hydrogen) atoms. The third-order valence-electron chi connectivity index (χ3n) is 5.42. The Morgan fingerprint density at radius 1 is 1.30 bits per heavy atom. The second-order valence-corrected chi connectivity index (χ2v) is 8.13. The van der Waals surface area contributed by atoms with Crippen molar-refractivity contribution < 1.29 is 27.5 Å². The average Bonchev–Trinajstić information content (AvgIpc) is 3.42. The van der Waals surface area contributed by atoms with Crippen molar-refractivity contribution in [3.8, 4) is 0 Å². The molecule has 0 unspecified atom stereocenters. The Labute approximate surface area is 189 Å². The molecule has 3 rings (SSSR count). The van der Waals surface area contributed by atoms with Gasteiger partial charge in [0, 0.05) is 19.6 Å². The fourth-order valence-corrected chi connectivity index (χ4v) is 3.66. The molecule has 1 aliphatic rings. The molecule has 0 radical (unpaired) electrons. The predicted octanol–water partition coefficient (Wildman–Crippen LogP) is 2.98. The second-order valence-electron chi connectivity index (χ2n) is 8.13. The van der Waals surface area contributed by atoms with Crippen LogP contribution in [-0.2, 0) is 22.3 Å². The molecule has 0 bridgehead atoms. The molecule has 1 N–H and O–H groups in total. The van der Waals surface area contributed by atoms with Gasteiger partial charge in [-0.15, -0.1) is 5.10 Å². The number of carbonyl (C=O) groups excluding carboxylic acids is 2. The number of benzene rings is 1. The minimum absolute atomic E-state index is 0.0176. The number of amides is 1. The average molecular weight is 465 g/mol. The summed E-state index contributed by atoms with van der Waals surface area (Å²) in [6, 6.07) is 4.17. The highest BCUT2D eigenvalue weighted by atomic mass is 19.4. The normalized spacial score (nSPS) is 18.7. The van der Waals surface area contributed by atoms with Crippen molar-refractivity contribution in [2.75, 3.05) is 20.2 Å². The Balaban J connectivity index is 1.71. The van der Waals surface area contributed by atoms with E-state index in [0.717, 1.165) is 17.7 Å². The van der Waals surface area contributed by atoms with E-state index in [1.165, 1.54) is 25.4 Å². The van der Waals surface area contributed by atoms with Gasteiger partial charge in [0.25, 0.3) is 0 Å². The van der Waals surface area contributed by atoms with Gasteiger partial charge in [-0.3, -0.25) is 9.69 Å².